The number of hydrogen-bond donors (Lipinski definition) is 1. The molecule has 1 heterocycles. The molecular formula is C13H17BrN2O. The van der Waals surface area contributed by atoms with E-state index in [9.17, 15) is 4.79 Å². The molecule has 0 saturated heterocycles. The van der Waals surface area contributed by atoms with Gasteiger partial charge in [-0.25, -0.2) is 4.98 Å². The number of amides is 1. The van der Waals surface area contributed by atoms with E-state index in [1.54, 1.807) is 6.07 Å². The highest BCUT2D eigenvalue weighted by molar-refractivity contribution is 9.10. The molecule has 3 nitrogen and oxygen atoms in total. The van der Waals surface area contributed by atoms with Crippen molar-refractivity contribution in [2.75, 3.05) is 0 Å². The Bertz CT molecular complexity index is 408. The first-order chi connectivity index (χ1) is 8.16. The van der Waals surface area contributed by atoms with Crippen LogP contribution in [0.15, 0.2) is 22.8 Å². The van der Waals surface area contributed by atoms with Crippen molar-refractivity contribution in [2.45, 2.75) is 38.6 Å². The van der Waals surface area contributed by atoms with Gasteiger partial charge in [-0.1, -0.05) is 25.8 Å². The highest BCUT2D eigenvalue weighted by Gasteiger charge is 2.23. The van der Waals surface area contributed by atoms with Gasteiger partial charge in [0, 0.05) is 6.04 Å². The smallest absolute Gasteiger partial charge is 0.270 e. The minimum atomic E-state index is -0.0648. The number of rotatable bonds is 2. The minimum absolute atomic E-state index is 0.0648. The molecule has 0 spiro atoms. The molecule has 2 atom stereocenters. The van der Waals surface area contributed by atoms with Crippen LogP contribution in [-0.2, 0) is 0 Å². The number of aromatic nitrogens is 1. The van der Waals surface area contributed by atoms with E-state index < -0.39 is 0 Å². The maximum atomic E-state index is 12.0. The Labute approximate surface area is 110 Å². The predicted molar refractivity (Wildman–Crippen MR) is 70.8 cm³/mol. The van der Waals surface area contributed by atoms with Crippen molar-refractivity contribution in [3.05, 3.63) is 28.5 Å². The van der Waals surface area contributed by atoms with Crippen molar-refractivity contribution < 1.29 is 4.79 Å². The van der Waals surface area contributed by atoms with Crippen molar-refractivity contribution in [1.29, 1.82) is 0 Å². The number of nitrogens with one attached hydrogen (secondary N) is 1. The summed E-state index contributed by atoms with van der Waals surface area (Å²) >= 11 is 3.28. The van der Waals surface area contributed by atoms with Gasteiger partial charge in [-0.2, -0.15) is 0 Å². The zero-order valence-corrected chi connectivity index (χ0v) is 11.5. The van der Waals surface area contributed by atoms with Gasteiger partial charge in [-0.15, -0.1) is 0 Å². The lowest BCUT2D eigenvalue weighted by atomic mass is 9.86. The summed E-state index contributed by atoms with van der Waals surface area (Å²) in [5.74, 6) is 0.505. The second-order valence-corrected chi connectivity index (χ2v) is 5.50. The summed E-state index contributed by atoms with van der Waals surface area (Å²) < 4.78 is 0.696. The lowest BCUT2D eigenvalue weighted by molar-refractivity contribution is 0.0905. The second kappa shape index (κ2) is 5.63. The quantitative estimate of drug-likeness (QED) is 0.852. The van der Waals surface area contributed by atoms with E-state index in [1.807, 2.05) is 12.1 Å². The van der Waals surface area contributed by atoms with E-state index in [2.05, 4.69) is 33.2 Å². The highest BCUT2D eigenvalue weighted by atomic mass is 79.9. The fourth-order valence-electron chi connectivity index (χ4n) is 2.31. The van der Waals surface area contributed by atoms with Gasteiger partial charge in [-0.05, 0) is 46.8 Å². The van der Waals surface area contributed by atoms with E-state index in [4.69, 9.17) is 0 Å². The summed E-state index contributed by atoms with van der Waals surface area (Å²) in [6, 6.07) is 5.70. The Balaban J connectivity index is 2.01. The maximum Gasteiger partial charge on any atom is 0.270 e. The Morgan fingerprint density at radius 3 is 2.88 bits per heavy atom. The first-order valence-electron chi connectivity index (χ1n) is 6.10. The number of pyridine rings is 1. The standard InChI is InChI=1S/C13H17BrN2O/c1-9-5-2-3-6-10(9)16-13(17)11-7-4-8-12(14)15-11/h4,7-10H,2-3,5-6H2,1H3,(H,16,17). The molecule has 2 unspecified atom stereocenters. The maximum absolute atomic E-state index is 12.0. The number of halogens is 1. The summed E-state index contributed by atoms with van der Waals surface area (Å²) in [6.07, 6.45) is 4.78. The molecular weight excluding hydrogens is 280 g/mol. The van der Waals surface area contributed by atoms with Crippen LogP contribution in [-0.4, -0.2) is 16.9 Å². The van der Waals surface area contributed by atoms with Crippen LogP contribution >= 0.6 is 15.9 Å². The average Bonchev–Trinajstić information content (AvgIpc) is 2.32. The molecule has 1 N–H and O–H groups in total. The van der Waals surface area contributed by atoms with Crippen LogP contribution in [0.4, 0.5) is 0 Å². The summed E-state index contributed by atoms with van der Waals surface area (Å²) in [5, 5.41) is 3.09. The molecule has 1 aliphatic carbocycles. The largest absolute Gasteiger partial charge is 0.348 e. The molecule has 0 aromatic carbocycles. The molecule has 17 heavy (non-hydrogen) atoms. The van der Waals surface area contributed by atoms with Gasteiger partial charge in [-0.3, -0.25) is 4.79 Å². The van der Waals surface area contributed by atoms with Crippen molar-refractivity contribution >= 4 is 21.8 Å². The second-order valence-electron chi connectivity index (χ2n) is 4.69. The monoisotopic (exact) mass is 296 g/mol. The lowest BCUT2D eigenvalue weighted by Gasteiger charge is -2.29. The predicted octanol–water partition coefficient (Wildman–Crippen LogP) is 3.15. The van der Waals surface area contributed by atoms with Crippen LogP contribution in [0, 0.1) is 5.92 Å². The van der Waals surface area contributed by atoms with Crippen LogP contribution in [0.25, 0.3) is 0 Å². The van der Waals surface area contributed by atoms with Crippen LogP contribution < -0.4 is 5.32 Å². The van der Waals surface area contributed by atoms with Gasteiger partial charge in [0.25, 0.3) is 5.91 Å². The number of nitrogens with zero attached hydrogens (tertiary/aromatic N) is 1. The number of hydrogen-bond acceptors (Lipinski definition) is 2. The van der Waals surface area contributed by atoms with Gasteiger partial charge < -0.3 is 5.32 Å². The van der Waals surface area contributed by atoms with Gasteiger partial charge in [0.1, 0.15) is 10.3 Å². The van der Waals surface area contributed by atoms with Crippen molar-refractivity contribution in [3.8, 4) is 0 Å². The summed E-state index contributed by atoms with van der Waals surface area (Å²) in [5.41, 5.74) is 0.483. The normalized spacial score (nSPS) is 24.4. The summed E-state index contributed by atoms with van der Waals surface area (Å²) in [6.45, 7) is 2.21. The van der Waals surface area contributed by atoms with Gasteiger partial charge in [0.2, 0.25) is 0 Å². The first-order valence-corrected chi connectivity index (χ1v) is 6.89. The fraction of sp³-hybridized carbons (Fsp3) is 0.538. The molecule has 1 fully saturated rings. The van der Waals surface area contributed by atoms with E-state index in [1.165, 1.54) is 19.3 Å². The molecule has 1 aromatic rings. The molecule has 4 heteroatoms. The van der Waals surface area contributed by atoms with Gasteiger partial charge in [0.05, 0.1) is 0 Å². The molecule has 1 aromatic heterocycles. The zero-order valence-electron chi connectivity index (χ0n) is 9.95. The third-order valence-electron chi connectivity index (χ3n) is 3.38. The Hall–Kier alpha value is -0.900. The van der Waals surface area contributed by atoms with Gasteiger partial charge >= 0.3 is 0 Å². The average molecular weight is 297 g/mol. The Morgan fingerprint density at radius 1 is 1.41 bits per heavy atom. The summed E-state index contributed by atoms with van der Waals surface area (Å²) in [7, 11) is 0. The van der Waals surface area contributed by atoms with E-state index in [-0.39, 0.29) is 5.91 Å². The summed E-state index contributed by atoms with van der Waals surface area (Å²) in [4.78, 5) is 16.2. The zero-order chi connectivity index (χ0) is 12.3. The third-order valence-corrected chi connectivity index (χ3v) is 3.82. The van der Waals surface area contributed by atoms with Crippen LogP contribution in [0.3, 0.4) is 0 Å². The number of carbonyl (C=O) groups excluding carboxylic acids is 1. The van der Waals surface area contributed by atoms with Crippen LogP contribution in [0.1, 0.15) is 43.1 Å². The van der Waals surface area contributed by atoms with E-state index in [0.29, 0.717) is 22.3 Å². The highest BCUT2D eigenvalue weighted by Crippen LogP contribution is 2.23. The van der Waals surface area contributed by atoms with Crippen LogP contribution in [0.2, 0.25) is 0 Å². The molecule has 0 aliphatic heterocycles. The molecule has 92 valence electrons. The lowest BCUT2D eigenvalue weighted by Crippen LogP contribution is -2.41. The molecule has 1 saturated carbocycles. The fourth-order valence-corrected chi connectivity index (χ4v) is 2.65. The Morgan fingerprint density at radius 2 is 2.18 bits per heavy atom. The van der Waals surface area contributed by atoms with Crippen molar-refractivity contribution in [1.82, 2.24) is 10.3 Å². The third kappa shape index (κ3) is 3.28. The molecule has 1 amide bonds. The Kier molecular flexibility index (Phi) is 4.15. The number of carbonyl (C=O) groups is 1. The van der Waals surface area contributed by atoms with Crippen molar-refractivity contribution in [3.63, 3.8) is 0 Å². The van der Waals surface area contributed by atoms with E-state index in [0.717, 1.165) is 6.42 Å². The van der Waals surface area contributed by atoms with Gasteiger partial charge in [0.15, 0.2) is 0 Å². The molecule has 1 aliphatic rings. The van der Waals surface area contributed by atoms with E-state index >= 15 is 0 Å². The minimum Gasteiger partial charge on any atom is -0.348 e. The van der Waals surface area contributed by atoms with Crippen LogP contribution in [0.5, 0.6) is 0 Å². The molecule has 0 radical (unpaired) electrons. The first kappa shape index (κ1) is 12.6. The molecule has 0 bridgehead atoms. The topological polar surface area (TPSA) is 42.0 Å². The van der Waals surface area contributed by atoms with Crippen molar-refractivity contribution in [2.24, 2.45) is 5.92 Å². The SMILES string of the molecule is CC1CCCCC1NC(=O)c1cccc(Br)n1. The molecule has 2 rings (SSSR count).